The molecule has 1 saturated heterocycles. The number of benzene rings is 1. The number of hydrogen-bond acceptors (Lipinski definition) is 5. The van der Waals surface area contributed by atoms with Gasteiger partial charge in [-0.25, -0.2) is 14.8 Å². The third-order valence-corrected chi connectivity index (χ3v) is 4.96. The van der Waals surface area contributed by atoms with Gasteiger partial charge in [0.15, 0.2) is 0 Å². The van der Waals surface area contributed by atoms with Crippen molar-refractivity contribution in [1.82, 2.24) is 19.9 Å². The Balaban J connectivity index is 1.44. The van der Waals surface area contributed by atoms with Crippen LogP contribution in [0.25, 0.3) is 0 Å². The molecule has 0 radical (unpaired) electrons. The van der Waals surface area contributed by atoms with E-state index in [2.05, 4.69) is 20.3 Å². The highest BCUT2D eigenvalue weighted by Crippen LogP contribution is 2.30. The Morgan fingerprint density at radius 2 is 1.72 bits per heavy atom. The fraction of sp³-hybridized carbons (Fsp3) is 0.273. The second kappa shape index (κ2) is 9.14. The lowest BCUT2D eigenvalue weighted by Gasteiger charge is -2.30. The van der Waals surface area contributed by atoms with E-state index in [-0.39, 0.29) is 18.1 Å². The number of carbonyl (C=O) groups is 1. The van der Waals surface area contributed by atoms with E-state index in [0.717, 1.165) is 37.8 Å². The molecule has 7 heteroatoms. The predicted molar refractivity (Wildman–Crippen MR) is 110 cm³/mol. The molecule has 0 saturated carbocycles. The number of urea groups is 1. The van der Waals surface area contributed by atoms with Gasteiger partial charge in [0.2, 0.25) is 0 Å². The lowest BCUT2D eigenvalue weighted by Crippen LogP contribution is -2.38. The van der Waals surface area contributed by atoms with Gasteiger partial charge in [-0.2, -0.15) is 0 Å². The number of amides is 2. The number of nitrogens with zero attached hydrogens (tertiary/aromatic N) is 4. The first-order chi connectivity index (χ1) is 14.3. The topological polar surface area (TPSA) is 80.2 Å². The fourth-order valence-corrected chi connectivity index (χ4v) is 3.53. The summed E-state index contributed by atoms with van der Waals surface area (Å²) < 4.78 is 5.59. The average molecular weight is 389 g/mol. The molecule has 1 aliphatic rings. The van der Waals surface area contributed by atoms with Gasteiger partial charge in [-0.1, -0.05) is 12.8 Å². The molecule has 148 valence electrons. The van der Waals surface area contributed by atoms with Crippen molar-refractivity contribution in [3.63, 3.8) is 0 Å². The van der Waals surface area contributed by atoms with E-state index in [9.17, 15) is 4.79 Å². The highest BCUT2D eigenvalue weighted by atomic mass is 16.5. The molecule has 3 aromatic rings. The largest absolute Gasteiger partial charge is 0.424 e. The number of nitrogens with one attached hydrogen (secondary N) is 1. The predicted octanol–water partition coefficient (Wildman–Crippen LogP) is 4.81. The first kappa shape index (κ1) is 18.9. The summed E-state index contributed by atoms with van der Waals surface area (Å²) in [5, 5.41) is 3.01. The van der Waals surface area contributed by atoms with Crippen LogP contribution in [-0.2, 0) is 0 Å². The summed E-state index contributed by atoms with van der Waals surface area (Å²) in [5.41, 5.74) is 1.85. The van der Waals surface area contributed by atoms with Crippen molar-refractivity contribution < 1.29 is 9.53 Å². The van der Waals surface area contributed by atoms with Crippen LogP contribution in [0, 0.1) is 0 Å². The number of carbonyl (C=O) groups excluding carboxylic acids is 1. The number of hydrogen-bond donors (Lipinski definition) is 1. The normalized spacial score (nSPS) is 16.7. The molecule has 2 amide bonds. The smallest absolute Gasteiger partial charge is 0.322 e. The molecule has 7 nitrogen and oxygen atoms in total. The van der Waals surface area contributed by atoms with Crippen molar-refractivity contribution in [2.45, 2.75) is 31.7 Å². The van der Waals surface area contributed by atoms with E-state index in [0.29, 0.717) is 11.4 Å². The summed E-state index contributed by atoms with van der Waals surface area (Å²) in [5.74, 6) is 0.610. The molecule has 2 aromatic heterocycles. The van der Waals surface area contributed by atoms with Crippen LogP contribution in [0.5, 0.6) is 11.8 Å². The Morgan fingerprint density at radius 1 is 0.966 bits per heavy atom. The number of rotatable bonds is 4. The molecule has 29 heavy (non-hydrogen) atoms. The zero-order chi connectivity index (χ0) is 19.9. The van der Waals surface area contributed by atoms with Crippen molar-refractivity contribution in [2.75, 3.05) is 11.9 Å². The molecular weight excluding hydrogens is 366 g/mol. The Morgan fingerprint density at radius 3 is 2.48 bits per heavy atom. The molecule has 1 fully saturated rings. The maximum atomic E-state index is 13.0. The molecule has 0 aliphatic carbocycles. The molecule has 1 unspecified atom stereocenters. The van der Waals surface area contributed by atoms with Crippen LogP contribution < -0.4 is 10.1 Å². The van der Waals surface area contributed by atoms with Gasteiger partial charge in [-0.05, 0) is 60.9 Å². The zero-order valence-electron chi connectivity index (χ0n) is 16.1. The van der Waals surface area contributed by atoms with Gasteiger partial charge < -0.3 is 15.0 Å². The molecule has 4 rings (SSSR count). The Kier molecular flexibility index (Phi) is 5.95. The van der Waals surface area contributed by atoms with Crippen LogP contribution in [0.15, 0.2) is 67.3 Å². The molecule has 0 bridgehead atoms. The highest BCUT2D eigenvalue weighted by molar-refractivity contribution is 5.89. The van der Waals surface area contributed by atoms with Crippen molar-refractivity contribution in [3.8, 4) is 11.8 Å². The van der Waals surface area contributed by atoms with Gasteiger partial charge in [-0.15, -0.1) is 0 Å². The first-order valence-electron chi connectivity index (χ1n) is 9.82. The summed E-state index contributed by atoms with van der Waals surface area (Å²) >= 11 is 0. The van der Waals surface area contributed by atoms with E-state index in [4.69, 9.17) is 4.74 Å². The Labute approximate surface area is 169 Å². The van der Waals surface area contributed by atoms with Crippen molar-refractivity contribution >= 4 is 11.7 Å². The van der Waals surface area contributed by atoms with Crippen LogP contribution in [0.3, 0.4) is 0 Å². The molecule has 1 N–H and O–H groups in total. The lowest BCUT2D eigenvalue weighted by molar-refractivity contribution is 0.189. The van der Waals surface area contributed by atoms with Crippen molar-refractivity contribution in [2.24, 2.45) is 0 Å². The summed E-state index contributed by atoms with van der Waals surface area (Å²) in [7, 11) is 0. The van der Waals surface area contributed by atoms with Crippen molar-refractivity contribution in [3.05, 3.63) is 72.8 Å². The number of pyridine rings is 1. The SMILES string of the molecule is O=C(Nc1ccc(Oc2ncccn2)cc1)N1CCCCCC1c1ccncc1. The van der Waals surface area contributed by atoms with Gasteiger partial charge in [0.05, 0.1) is 6.04 Å². The Hall–Kier alpha value is -3.48. The second-order valence-electron chi connectivity index (χ2n) is 6.93. The van der Waals surface area contributed by atoms with E-state index in [1.54, 1.807) is 43.0 Å². The molecule has 1 atom stereocenters. The lowest BCUT2D eigenvalue weighted by atomic mass is 10.0. The minimum Gasteiger partial charge on any atom is -0.424 e. The van der Waals surface area contributed by atoms with Crippen LogP contribution in [0.4, 0.5) is 10.5 Å². The van der Waals surface area contributed by atoms with E-state index in [1.807, 2.05) is 29.2 Å². The average Bonchev–Trinajstić information content (AvgIpc) is 3.03. The van der Waals surface area contributed by atoms with Crippen LogP contribution >= 0.6 is 0 Å². The van der Waals surface area contributed by atoms with Gasteiger partial charge in [0.1, 0.15) is 5.75 Å². The highest BCUT2D eigenvalue weighted by Gasteiger charge is 2.26. The maximum absolute atomic E-state index is 13.0. The summed E-state index contributed by atoms with van der Waals surface area (Å²) in [6.45, 7) is 0.741. The molecule has 1 aliphatic heterocycles. The minimum absolute atomic E-state index is 0.0679. The monoisotopic (exact) mass is 389 g/mol. The minimum atomic E-state index is -0.0891. The molecule has 3 heterocycles. The maximum Gasteiger partial charge on any atom is 0.322 e. The van der Waals surface area contributed by atoms with Crippen LogP contribution in [0.2, 0.25) is 0 Å². The van der Waals surface area contributed by atoms with Gasteiger partial charge in [-0.3, -0.25) is 4.98 Å². The third kappa shape index (κ3) is 4.87. The standard InChI is InChI=1S/C22H23N5O2/c28-22(27-16-3-1-2-5-20(27)17-10-14-23-15-11-17)26-18-6-8-19(9-7-18)29-21-24-12-4-13-25-21/h4,6-15,20H,1-3,5,16H2,(H,26,28). The molecule has 0 spiro atoms. The number of aromatic nitrogens is 3. The number of anilines is 1. The van der Waals surface area contributed by atoms with Crippen molar-refractivity contribution in [1.29, 1.82) is 0 Å². The molecule has 1 aromatic carbocycles. The summed E-state index contributed by atoms with van der Waals surface area (Å²) in [6, 6.07) is 13.2. The van der Waals surface area contributed by atoms with Gasteiger partial charge >= 0.3 is 12.0 Å². The van der Waals surface area contributed by atoms with E-state index < -0.39 is 0 Å². The zero-order valence-corrected chi connectivity index (χ0v) is 16.1. The Bertz CT molecular complexity index is 919. The van der Waals surface area contributed by atoms with Crippen LogP contribution in [-0.4, -0.2) is 32.4 Å². The number of likely N-dealkylation sites (tertiary alicyclic amines) is 1. The second-order valence-corrected chi connectivity index (χ2v) is 6.93. The third-order valence-electron chi connectivity index (χ3n) is 4.96. The molecular formula is C22H23N5O2. The fourth-order valence-electron chi connectivity index (χ4n) is 3.53. The first-order valence-corrected chi connectivity index (χ1v) is 9.82. The van der Waals surface area contributed by atoms with Gasteiger partial charge in [0, 0.05) is 37.0 Å². The van der Waals surface area contributed by atoms with E-state index >= 15 is 0 Å². The summed E-state index contributed by atoms with van der Waals surface area (Å²) in [4.78, 5) is 27.1. The van der Waals surface area contributed by atoms with Gasteiger partial charge in [0.25, 0.3) is 0 Å². The van der Waals surface area contributed by atoms with Crippen LogP contribution in [0.1, 0.15) is 37.3 Å². The summed E-state index contributed by atoms with van der Waals surface area (Å²) in [6.07, 6.45) is 11.0. The quantitative estimate of drug-likeness (QED) is 0.692. The number of ether oxygens (including phenoxy) is 1. The van der Waals surface area contributed by atoms with E-state index in [1.165, 1.54) is 0 Å².